The Labute approximate surface area is 173 Å². The third-order valence-corrected chi connectivity index (χ3v) is 6.21. The Morgan fingerprint density at radius 1 is 1.03 bits per heavy atom. The minimum absolute atomic E-state index is 0.128. The molecule has 29 heavy (non-hydrogen) atoms. The van der Waals surface area contributed by atoms with Crippen LogP contribution in [0.4, 0.5) is 5.69 Å². The molecule has 0 aliphatic carbocycles. The Balaban J connectivity index is 1.60. The smallest absolute Gasteiger partial charge is 0.247 e. The van der Waals surface area contributed by atoms with Crippen LogP contribution in [0.2, 0.25) is 0 Å². The van der Waals surface area contributed by atoms with Crippen molar-refractivity contribution in [2.75, 3.05) is 12.0 Å². The summed E-state index contributed by atoms with van der Waals surface area (Å²) in [4.78, 5) is 35.9. The van der Waals surface area contributed by atoms with Crippen molar-refractivity contribution in [2.24, 2.45) is 0 Å². The fraction of sp³-hybridized carbons (Fsp3) is 0.273. The minimum Gasteiger partial charge on any atom is -0.497 e. The average Bonchev–Trinajstić information content (AvgIpc) is 2.97. The van der Waals surface area contributed by atoms with E-state index in [1.54, 1.807) is 31.4 Å². The van der Waals surface area contributed by atoms with Crippen LogP contribution in [0.15, 0.2) is 41.6 Å². The van der Waals surface area contributed by atoms with Gasteiger partial charge in [-0.1, -0.05) is 11.8 Å². The van der Waals surface area contributed by atoms with E-state index in [9.17, 15) is 9.59 Å². The van der Waals surface area contributed by atoms with E-state index < -0.39 is 5.25 Å². The van der Waals surface area contributed by atoms with Crippen LogP contribution >= 0.6 is 11.8 Å². The van der Waals surface area contributed by atoms with Gasteiger partial charge in [-0.05, 0) is 68.3 Å². The predicted molar refractivity (Wildman–Crippen MR) is 113 cm³/mol. The number of methoxy groups -OCH3 is 1. The van der Waals surface area contributed by atoms with Gasteiger partial charge in [0.25, 0.3) is 0 Å². The Bertz CT molecular complexity index is 1130. The summed E-state index contributed by atoms with van der Waals surface area (Å²) in [5.41, 5.74) is 4.61. The zero-order chi connectivity index (χ0) is 20.7. The Morgan fingerprint density at radius 3 is 2.41 bits per heavy atom. The molecule has 0 saturated carbocycles. The van der Waals surface area contributed by atoms with Gasteiger partial charge in [-0.2, -0.15) is 0 Å². The summed E-state index contributed by atoms with van der Waals surface area (Å²) in [7, 11) is 1.57. The lowest BCUT2D eigenvalue weighted by molar-refractivity contribution is -0.121. The van der Waals surface area contributed by atoms with Crippen LogP contribution in [0.5, 0.6) is 5.75 Å². The number of ether oxygens (including phenoxy) is 1. The molecule has 7 heteroatoms. The summed E-state index contributed by atoms with van der Waals surface area (Å²) in [6, 6.07) is 11.0. The SMILES string of the molecule is COc1ccc(N2C(=O)CC(Sc3nc(C)c4cc(C)c(C)cc4n3)C2=O)cc1. The number of aromatic nitrogens is 2. The number of hydrogen-bond donors (Lipinski definition) is 0. The van der Waals surface area contributed by atoms with Gasteiger partial charge in [0.15, 0.2) is 5.16 Å². The highest BCUT2D eigenvalue weighted by molar-refractivity contribution is 8.00. The van der Waals surface area contributed by atoms with Gasteiger partial charge in [0.2, 0.25) is 11.8 Å². The highest BCUT2D eigenvalue weighted by Gasteiger charge is 2.40. The molecular weight excluding hydrogens is 386 g/mol. The fourth-order valence-corrected chi connectivity index (χ4v) is 4.42. The third-order valence-electron chi connectivity index (χ3n) is 5.16. The molecule has 0 N–H and O–H groups in total. The van der Waals surface area contributed by atoms with Crippen molar-refractivity contribution in [3.8, 4) is 5.75 Å². The minimum atomic E-state index is -0.534. The number of carbonyl (C=O) groups is 2. The van der Waals surface area contributed by atoms with Crippen LogP contribution < -0.4 is 9.64 Å². The Hall–Kier alpha value is -2.93. The predicted octanol–water partition coefficient (Wildman–Crippen LogP) is 3.99. The molecule has 6 nitrogen and oxygen atoms in total. The lowest BCUT2D eigenvalue weighted by Gasteiger charge is -2.15. The lowest BCUT2D eigenvalue weighted by atomic mass is 10.1. The molecule has 1 atom stereocenters. The molecule has 1 fully saturated rings. The van der Waals surface area contributed by atoms with E-state index in [2.05, 4.69) is 23.0 Å². The molecule has 1 aliphatic heterocycles. The van der Waals surface area contributed by atoms with Gasteiger partial charge >= 0.3 is 0 Å². The number of aryl methyl sites for hydroxylation is 3. The second-order valence-corrected chi connectivity index (χ2v) is 8.29. The zero-order valence-electron chi connectivity index (χ0n) is 16.7. The van der Waals surface area contributed by atoms with Crippen molar-refractivity contribution in [1.82, 2.24) is 9.97 Å². The van der Waals surface area contributed by atoms with Crippen molar-refractivity contribution in [1.29, 1.82) is 0 Å². The number of hydrogen-bond acceptors (Lipinski definition) is 6. The molecule has 0 spiro atoms. The molecule has 1 unspecified atom stereocenters. The second-order valence-electron chi connectivity index (χ2n) is 7.12. The van der Waals surface area contributed by atoms with E-state index in [4.69, 9.17) is 4.74 Å². The van der Waals surface area contributed by atoms with Gasteiger partial charge in [0.1, 0.15) is 11.0 Å². The van der Waals surface area contributed by atoms with Gasteiger partial charge in [0.05, 0.1) is 18.3 Å². The standard InChI is InChI=1S/C22H21N3O3S/c1-12-9-17-14(3)23-22(24-18(17)10-13(12)2)29-19-11-20(26)25(21(19)27)15-5-7-16(28-4)8-6-15/h5-10,19H,11H2,1-4H3. The molecule has 2 amide bonds. The molecular formula is C22H21N3O3S. The highest BCUT2D eigenvalue weighted by Crippen LogP contribution is 2.34. The van der Waals surface area contributed by atoms with Crippen LogP contribution in [0.1, 0.15) is 23.2 Å². The van der Waals surface area contributed by atoms with Crippen LogP contribution in [0.3, 0.4) is 0 Å². The van der Waals surface area contributed by atoms with Crippen molar-refractivity contribution < 1.29 is 14.3 Å². The molecule has 148 valence electrons. The number of fused-ring (bicyclic) bond motifs is 1. The summed E-state index contributed by atoms with van der Waals surface area (Å²) >= 11 is 1.25. The number of benzene rings is 2. The molecule has 2 aromatic carbocycles. The first-order valence-electron chi connectivity index (χ1n) is 9.30. The maximum absolute atomic E-state index is 12.9. The Morgan fingerprint density at radius 2 is 1.72 bits per heavy atom. The first-order valence-corrected chi connectivity index (χ1v) is 10.2. The van der Waals surface area contributed by atoms with Crippen LogP contribution in [0.25, 0.3) is 10.9 Å². The zero-order valence-corrected chi connectivity index (χ0v) is 17.5. The lowest BCUT2D eigenvalue weighted by Crippen LogP contribution is -2.31. The summed E-state index contributed by atoms with van der Waals surface area (Å²) < 4.78 is 5.14. The molecule has 1 aliphatic rings. The van der Waals surface area contributed by atoms with Gasteiger partial charge in [0, 0.05) is 17.5 Å². The first-order chi connectivity index (χ1) is 13.9. The molecule has 0 radical (unpaired) electrons. The summed E-state index contributed by atoms with van der Waals surface area (Å²) in [5.74, 6) is 0.206. The van der Waals surface area contributed by atoms with Crippen LogP contribution in [-0.2, 0) is 9.59 Å². The maximum Gasteiger partial charge on any atom is 0.247 e. The number of anilines is 1. The van der Waals surface area contributed by atoms with Crippen molar-refractivity contribution in [2.45, 2.75) is 37.6 Å². The highest BCUT2D eigenvalue weighted by atomic mass is 32.2. The van der Waals surface area contributed by atoms with Crippen molar-refractivity contribution >= 4 is 40.2 Å². The van der Waals surface area contributed by atoms with Gasteiger partial charge in [-0.15, -0.1) is 0 Å². The van der Waals surface area contributed by atoms with Crippen LogP contribution in [0, 0.1) is 20.8 Å². The van der Waals surface area contributed by atoms with Gasteiger partial charge in [-0.25, -0.2) is 14.9 Å². The molecule has 4 rings (SSSR count). The van der Waals surface area contributed by atoms with E-state index in [0.717, 1.165) is 22.2 Å². The summed E-state index contributed by atoms with van der Waals surface area (Å²) in [5, 5.41) is 0.986. The molecule has 3 aromatic rings. The van der Waals surface area contributed by atoms with E-state index in [-0.39, 0.29) is 18.2 Å². The number of rotatable bonds is 4. The number of carbonyl (C=O) groups excluding carboxylic acids is 2. The first kappa shape index (κ1) is 19.4. The van der Waals surface area contributed by atoms with Crippen molar-refractivity contribution in [3.05, 3.63) is 53.2 Å². The second kappa shape index (κ2) is 7.48. The molecule has 1 saturated heterocycles. The number of nitrogens with zero attached hydrogens (tertiary/aromatic N) is 3. The van der Waals surface area contributed by atoms with Gasteiger partial charge in [-0.3, -0.25) is 9.59 Å². The van der Waals surface area contributed by atoms with E-state index >= 15 is 0 Å². The summed E-state index contributed by atoms with van der Waals surface area (Å²) in [6.07, 6.45) is 0.128. The maximum atomic E-state index is 12.9. The summed E-state index contributed by atoms with van der Waals surface area (Å²) in [6.45, 7) is 6.05. The average molecular weight is 407 g/mol. The quantitative estimate of drug-likeness (QED) is 0.481. The number of amides is 2. The normalized spacial score (nSPS) is 16.7. The third kappa shape index (κ3) is 3.58. The van der Waals surface area contributed by atoms with E-state index in [1.165, 1.54) is 22.2 Å². The Kier molecular flexibility index (Phi) is 5.00. The largest absolute Gasteiger partial charge is 0.497 e. The molecule has 2 heterocycles. The van der Waals surface area contributed by atoms with Crippen molar-refractivity contribution in [3.63, 3.8) is 0 Å². The van der Waals surface area contributed by atoms with E-state index in [0.29, 0.717) is 16.6 Å². The van der Waals surface area contributed by atoms with E-state index in [1.807, 2.05) is 19.9 Å². The van der Waals surface area contributed by atoms with Crippen LogP contribution in [-0.4, -0.2) is 34.1 Å². The fourth-order valence-electron chi connectivity index (χ4n) is 3.39. The number of imide groups is 1. The number of thioether (sulfide) groups is 1. The molecule has 1 aromatic heterocycles. The van der Waals surface area contributed by atoms with Gasteiger partial charge < -0.3 is 4.74 Å². The monoisotopic (exact) mass is 407 g/mol. The molecule has 0 bridgehead atoms. The topological polar surface area (TPSA) is 72.4 Å².